The van der Waals surface area contributed by atoms with Crippen molar-refractivity contribution >= 4 is 11.9 Å². The normalized spacial score (nSPS) is 16.3. The summed E-state index contributed by atoms with van der Waals surface area (Å²) in [5.41, 5.74) is 2.43. The topological polar surface area (TPSA) is 91.5 Å². The Hall–Kier alpha value is -1.30. The van der Waals surface area contributed by atoms with Crippen molar-refractivity contribution in [3.05, 3.63) is 0 Å². The monoisotopic (exact) mass is 199 g/mol. The average Bonchev–Trinajstić information content (AvgIpc) is 2.96. The first-order valence-corrected chi connectivity index (χ1v) is 4.80. The molecule has 1 fully saturated rings. The van der Waals surface area contributed by atoms with Crippen LogP contribution in [0.4, 0.5) is 0 Å². The smallest absolute Gasteiger partial charge is 0.241 e. The van der Waals surface area contributed by atoms with Crippen LogP contribution in [0, 0.1) is 0 Å². The molecule has 5 N–H and O–H groups in total. The lowest BCUT2D eigenvalue weighted by Gasteiger charge is -2.07. The minimum atomic E-state index is -0.0992. The molecule has 0 unspecified atom stereocenters. The molecule has 0 aromatic rings. The Labute approximate surface area is 83.3 Å². The van der Waals surface area contributed by atoms with Crippen molar-refractivity contribution in [2.45, 2.75) is 25.8 Å². The molecular formula is C8H17N5O. The van der Waals surface area contributed by atoms with Gasteiger partial charge in [0.1, 0.15) is 6.54 Å². The fourth-order valence-electron chi connectivity index (χ4n) is 0.958. The second-order valence-corrected chi connectivity index (χ2v) is 3.18. The number of carbonyl (C=O) groups is 1. The number of nitrogens with zero attached hydrogens (tertiary/aromatic N) is 1. The predicted octanol–water partition coefficient (Wildman–Crippen LogP) is -1.31. The van der Waals surface area contributed by atoms with Crippen molar-refractivity contribution in [1.82, 2.24) is 16.1 Å². The van der Waals surface area contributed by atoms with E-state index in [2.05, 4.69) is 21.1 Å². The standard InChI is InChI=1S/C8H17N5O/c1-2-10-7(14)5-11-8(13-9)12-6-3-4-6/h6H,2-5,9H2,1H3,(H,10,14)(H2,11,12,13). The number of amides is 1. The molecule has 0 spiro atoms. The Kier molecular flexibility index (Phi) is 4.18. The van der Waals surface area contributed by atoms with E-state index >= 15 is 0 Å². The van der Waals surface area contributed by atoms with Gasteiger partial charge in [-0.3, -0.25) is 10.2 Å². The van der Waals surface area contributed by atoms with Crippen molar-refractivity contribution in [1.29, 1.82) is 0 Å². The van der Waals surface area contributed by atoms with Gasteiger partial charge in [-0.15, -0.1) is 0 Å². The van der Waals surface area contributed by atoms with Gasteiger partial charge >= 0.3 is 0 Å². The van der Waals surface area contributed by atoms with Crippen molar-refractivity contribution in [2.24, 2.45) is 10.8 Å². The predicted molar refractivity (Wildman–Crippen MR) is 54.5 cm³/mol. The summed E-state index contributed by atoms with van der Waals surface area (Å²) in [6.45, 7) is 2.59. The van der Waals surface area contributed by atoms with Crippen LogP contribution < -0.4 is 21.9 Å². The maximum atomic E-state index is 11.1. The SMILES string of the molecule is CCNC(=O)CN=C(NN)NC1CC1. The summed E-state index contributed by atoms with van der Waals surface area (Å²) in [4.78, 5) is 15.0. The van der Waals surface area contributed by atoms with Crippen LogP contribution in [0.1, 0.15) is 19.8 Å². The van der Waals surface area contributed by atoms with Gasteiger partial charge in [-0.25, -0.2) is 10.8 Å². The molecule has 1 aliphatic rings. The molecular weight excluding hydrogens is 182 g/mol. The van der Waals surface area contributed by atoms with E-state index in [0.29, 0.717) is 18.5 Å². The van der Waals surface area contributed by atoms with Crippen LogP contribution in [0.5, 0.6) is 0 Å². The fraction of sp³-hybridized carbons (Fsp3) is 0.750. The second kappa shape index (κ2) is 5.43. The second-order valence-electron chi connectivity index (χ2n) is 3.18. The van der Waals surface area contributed by atoms with E-state index in [1.165, 1.54) is 0 Å². The van der Waals surface area contributed by atoms with Gasteiger partial charge in [0.15, 0.2) is 0 Å². The highest BCUT2D eigenvalue weighted by molar-refractivity contribution is 5.84. The number of nitrogens with two attached hydrogens (primary N) is 1. The lowest BCUT2D eigenvalue weighted by molar-refractivity contribution is -0.119. The average molecular weight is 199 g/mol. The minimum Gasteiger partial charge on any atom is -0.355 e. The van der Waals surface area contributed by atoms with E-state index < -0.39 is 0 Å². The summed E-state index contributed by atoms with van der Waals surface area (Å²) in [7, 11) is 0. The van der Waals surface area contributed by atoms with Crippen LogP contribution in [-0.2, 0) is 4.79 Å². The molecule has 0 heterocycles. The molecule has 1 aliphatic carbocycles. The molecule has 1 rings (SSSR count). The molecule has 6 nitrogen and oxygen atoms in total. The molecule has 0 bridgehead atoms. The van der Waals surface area contributed by atoms with Gasteiger partial charge in [0.2, 0.25) is 11.9 Å². The van der Waals surface area contributed by atoms with Crippen molar-refractivity contribution in [3.8, 4) is 0 Å². The van der Waals surface area contributed by atoms with Crippen LogP contribution in [-0.4, -0.2) is 31.0 Å². The summed E-state index contributed by atoms with van der Waals surface area (Å²) in [6, 6.07) is 0.471. The first kappa shape index (κ1) is 10.8. The molecule has 14 heavy (non-hydrogen) atoms. The summed E-state index contributed by atoms with van der Waals surface area (Å²) in [6.07, 6.45) is 2.28. The number of carbonyl (C=O) groups excluding carboxylic acids is 1. The maximum Gasteiger partial charge on any atom is 0.241 e. The number of hydrogen-bond acceptors (Lipinski definition) is 3. The van der Waals surface area contributed by atoms with Crippen LogP contribution in [0.25, 0.3) is 0 Å². The molecule has 0 saturated heterocycles. The lowest BCUT2D eigenvalue weighted by atomic mass is 10.5. The third kappa shape index (κ3) is 4.08. The summed E-state index contributed by atoms with van der Waals surface area (Å²) < 4.78 is 0. The van der Waals surface area contributed by atoms with Crippen LogP contribution in [0.2, 0.25) is 0 Å². The van der Waals surface area contributed by atoms with Gasteiger partial charge in [-0.1, -0.05) is 0 Å². The maximum absolute atomic E-state index is 11.1. The zero-order valence-corrected chi connectivity index (χ0v) is 8.34. The summed E-state index contributed by atoms with van der Waals surface area (Å²) in [5, 5.41) is 5.72. The number of hydrogen-bond donors (Lipinski definition) is 4. The van der Waals surface area contributed by atoms with Gasteiger partial charge in [-0.2, -0.15) is 0 Å². The number of rotatable bonds is 4. The van der Waals surface area contributed by atoms with Crippen molar-refractivity contribution in [2.75, 3.05) is 13.1 Å². The number of nitrogens with one attached hydrogen (secondary N) is 3. The lowest BCUT2D eigenvalue weighted by Crippen LogP contribution is -2.43. The Morgan fingerprint density at radius 3 is 2.79 bits per heavy atom. The van der Waals surface area contributed by atoms with E-state index in [0.717, 1.165) is 12.8 Å². The Bertz CT molecular complexity index is 224. The quantitative estimate of drug-likeness (QED) is 0.196. The van der Waals surface area contributed by atoms with Crippen molar-refractivity contribution < 1.29 is 4.79 Å². The zero-order valence-electron chi connectivity index (χ0n) is 8.34. The van der Waals surface area contributed by atoms with Crippen LogP contribution in [0.3, 0.4) is 0 Å². The first-order chi connectivity index (χ1) is 6.76. The first-order valence-electron chi connectivity index (χ1n) is 4.80. The molecule has 0 atom stereocenters. The number of likely N-dealkylation sites (N-methyl/N-ethyl adjacent to an activating group) is 1. The summed E-state index contributed by atoms with van der Waals surface area (Å²) in [5.74, 6) is 5.62. The Morgan fingerprint density at radius 1 is 1.57 bits per heavy atom. The molecule has 0 aromatic carbocycles. The largest absolute Gasteiger partial charge is 0.355 e. The molecule has 80 valence electrons. The molecule has 6 heteroatoms. The van der Waals surface area contributed by atoms with E-state index in [9.17, 15) is 4.79 Å². The van der Waals surface area contributed by atoms with Gasteiger partial charge < -0.3 is 10.6 Å². The highest BCUT2D eigenvalue weighted by Gasteiger charge is 2.21. The van der Waals surface area contributed by atoms with Gasteiger partial charge in [0.25, 0.3) is 0 Å². The van der Waals surface area contributed by atoms with Gasteiger partial charge in [-0.05, 0) is 19.8 Å². The molecule has 0 aromatic heterocycles. The van der Waals surface area contributed by atoms with Gasteiger partial charge in [0.05, 0.1) is 0 Å². The number of aliphatic imine (C=N–C) groups is 1. The Morgan fingerprint density at radius 2 is 2.29 bits per heavy atom. The third-order valence-corrected chi connectivity index (χ3v) is 1.81. The highest BCUT2D eigenvalue weighted by atomic mass is 16.1. The summed E-state index contributed by atoms with van der Waals surface area (Å²) >= 11 is 0. The number of guanidine groups is 1. The fourth-order valence-corrected chi connectivity index (χ4v) is 0.958. The molecule has 1 amide bonds. The van der Waals surface area contributed by atoms with Gasteiger partial charge in [0, 0.05) is 12.6 Å². The van der Waals surface area contributed by atoms with Crippen molar-refractivity contribution in [3.63, 3.8) is 0 Å². The van der Waals surface area contributed by atoms with E-state index in [-0.39, 0.29) is 12.5 Å². The van der Waals surface area contributed by atoms with E-state index in [1.807, 2.05) is 6.92 Å². The Balaban J connectivity index is 2.26. The van der Waals surface area contributed by atoms with E-state index in [1.54, 1.807) is 0 Å². The zero-order chi connectivity index (χ0) is 10.4. The molecule has 1 saturated carbocycles. The van der Waals surface area contributed by atoms with E-state index in [4.69, 9.17) is 5.84 Å². The number of hydrazine groups is 1. The molecule has 0 aliphatic heterocycles. The highest BCUT2D eigenvalue weighted by Crippen LogP contribution is 2.18. The van der Waals surface area contributed by atoms with Crippen LogP contribution >= 0.6 is 0 Å². The third-order valence-electron chi connectivity index (χ3n) is 1.81. The minimum absolute atomic E-state index is 0.0992. The van der Waals surface area contributed by atoms with Crippen LogP contribution in [0.15, 0.2) is 4.99 Å². The molecule has 0 radical (unpaired) electrons.